The van der Waals surface area contributed by atoms with Crippen molar-refractivity contribution in [2.24, 2.45) is 0 Å². The van der Waals surface area contributed by atoms with E-state index >= 15 is 0 Å². The fraction of sp³-hybridized carbons (Fsp3) is 0.273. The highest BCUT2D eigenvalue weighted by molar-refractivity contribution is 5.80. The monoisotopic (exact) mass is 192 g/mol. The van der Waals surface area contributed by atoms with Gasteiger partial charge in [-0.05, 0) is 31.0 Å². The highest BCUT2D eigenvalue weighted by atomic mass is 16.4. The Labute approximate surface area is 82.4 Å². The van der Waals surface area contributed by atoms with Gasteiger partial charge in [-0.2, -0.15) is 0 Å². The number of aryl methyl sites for hydroxylation is 1. The lowest BCUT2D eigenvalue weighted by molar-refractivity contribution is -0.138. The number of carboxylic acids is 1. The van der Waals surface area contributed by atoms with Crippen molar-refractivity contribution in [3.8, 4) is 0 Å². The zero-order valence-electron chi connectivity index (χ0n) is 8.15. The summed E-state index contributed by atoms with van der Waals surface area (Å²) in [5.74, 6) is -1.46. The van der Waals surface area contributed by atoms with Crippen molar-refractivity contribution in [3.05, 3.63) is 34.9 Å². The van der Waals surface area contributed by atoms with E-state index in [2.05, 4.69) is 0 Å². The lowest BCUT2D eigenvalue weighted by atomic mass is 9.97. The van der Waals surface area contributed by atoms with Crippen molar-refractivity contribution >= 4 is 12.3 Å². The number of carboxylic acid groups (broad SMARTS) is 1. The highest BCUT2D eigenvalue weighted by Gasteiger charge is 2.14. The predicted molar refractivity (Wildman–Crippen MR) is 52.6 cm³/mol. The van der Waals surface area contributed by atoms with Gasteiger partial charge >= 0.3 is 5.97 Å². The van der Waals surface area contributed by atoms with E-state index < -0.39 is 11.9 Å². The summed E-state index contributed by atoms with van der Waals surface area (Å²) in [6, 6.07) is 5.13. The maximum atomic E-state index is 10.7. The summed E-state index contributed by atoms with van der Waals surface area (Å²) in [5.41, 5.74) is 2.07. The fourth-order valence-corrected chi connectivity index (χ4v) is 1.20. The topological polar surface area (TPSA) is 54.4 Å². The molecule has 1 aromatic rings. The Morgan fingerprint density at radius 2 is 2.14 bits per heavy atom. The number of hydrogen-bond donors (Lipinski definition) is 1. The first kappa shape index (κ1) is 10.4. The minimum absolute atomic E-state index is 0.551. The summed E-state index contributed by atoms with van der Waals surface area (Å²) >= 11 is 0. The Bertz CT molecular complexity index is 369. The number of rotatable bonds is 3. The van der Waals surface area contributed by atoms with Crippen molar-refractivity contribution in [2.45, 2.75) is 19.8 Å². The number of aliphatic carboxylic acids is 1. The van der Waals surface area contributed by atoms with Crippen LogP contribution in [-0.4, -0.2) is 17.4 Å². The van der Waals surface area contributed by atoms with Crippen LogP contribution in [0.25, 0.3) is 0 Å². The molecule has 0 amide bonds. The zero-order valence-corrected chi connectivity index (χ0v) is 8.15. The molecular weight excluding hydrogens is 180 g/mol. The van der Waals surface area contributed by atoms with Crippen molar-refractivity contribution in [3.63, 3.8) is 0 Å². The third-order valence-electron chi connectivity index (χ3n) is 2.30. The van der Waals surface area contributed by atoms with E-state index in [0.29, 0.717) is 11.1 Å². The molecule has 3 nitrogen and oxygen atoms in total. The molecule has 0 spiro atoms. The van der Waals surface area contributed by atoms with Crippen LogP contribution in [0.1, 0.15) is 34.3 Å². The SMILES string of the molecule is Cc1ccc(C(C)C(=O)O)cc1C=O. The number of aldehydes is 1. The highest BCUT2D eigenvalue weighted by Crippen LogP contribution is 2.18. The molecule has 0 fully saturated rings. The van der Waals surface area contributed by atoms with Crippen LogP contribution in [0.2, 0.25) is 0 Å². The van der Waals surface area contributed by atoms with Gasteiger partial charge in [0, 0.05) is 5.56 Å². The second kappa shape index (κ2) is 4.05. The van der Waals surface area contributed by atoms with Gasteiger partial charge in [-0.1, -0.05) is 12.1 Å². The molecule has 0 aliphatic rings. The Morgan fingerprint density at radius 3 is 2.64 bits per heavy atom. The fourth-order valence-electron chi connectivity index (χ4n) is 1.20. The largest absolute Gasteiger partial charge is 0.481 e. The zero-order chi connectivity index (χ0) is 10.7. The van der Waals surface area contributed by atoms with Crippen molar-refractivity contribution in [1.82, 2.24) is 0 Å². The molecule has 0 saturated carbocycles. The minimum atomic E-state index is -0.884. The maximum absolute atomic E-state index is 10.7. The molecule has 0 radical (unpaired) electrons. The first-order valence-electron chi connectivity index (χ1n) is 4.34. The van der Waals surface area contributed by atoms with Gasteiger partial charge in [0.05, 0.1) is 5.92 Å². The minimum Gasteiger partial charge on any atom is -0.481 e. The number of carbonyl (C=O) groups is 2. The Morgan fingerprint density at radius 1 is 1.50 bits per heavy atom. The first-order valence-corrected chi connectivity index (χ1v) is 4.34. The van der Waals surface area contributed by atoms with Crippen LogP contribution < -0.4 is 0 Å². The quantitative estimate of drug-likeness (QED) is 0.745. The Balaban J connectivity index is 3.12. The van der Waals surface area contributed by atoms with Crippen molar-refractivity contribution in [1.29, 1.82) is 0 Å². The summed E-state index contributed by atoms with van der Waals surface area (Å²) in [6.45, 7) is 3.42. The molecular formula is C11H12O3. The van der Waals surface area contributed by atoms with Crippen LogP contribution in [0.4, 0.5) is 0 Å². The lowest BCUT2D eigenvalue weighted by Gasteiger charge is -2.08. The summed E-state index contributed by atoms with van der Waals surface area (Å²) in [7, 11) is 0. The van der Waals surface area contributed by atoms with Crippen LogP contribution >= 0.6 is 0 Å². The predicted octanol–water partition coefficient (Wildman–Crippen LogP) is 2.00. The molecule has 0 saturated heterocycles. The number of hydrogen-bond acceptors (Lipinski definition) is 2. The molecule has 0 bridgehead atoms. The Kier molecular flexibility index (Phi) is 3.02. The maximum Gasteiger partial charge on any atom is 0.310 e. The molecule has 0 aliphatic heterocycles. The second-order valence-electron chi connectivity index (χ2n) is 3.29. The van der Waals surface area contributed by atoms with E-state index in [0.717, 1.165) is 11.8 Å². The van der Waals surface area contributed by atoms with Crippen LogP contribution in [0.3, 0.4) is 0 Å². The van der Waals surface area contributed by atoms with Crippen molar-refractivity contribution in [2.75, 3.05) is 0 Å². The van der Waals surface area contributed by atoms with Crippen LogP contribution in [-0.2, 0) is 4.79 Å². The molecule has 74 valence electrons. The molecule has 1 aromatic carbocycles. The third-order valence-corrected chi connectivity index (χ3v) is 2.30. The van der Waals surface area contributed by atoms with Gasteiger partial charge in [0.15, 0.2) is 0 Å². The molecule has 0 aliphatic carbocycles. The second-order valence-corrected chi connectivity index (χ2v) is 3.29. The number of carbonyl (C=O) groups excluding carboxylic acids is 1. The number of benzene rings is 1. The normalized spacial score (nSPS) is 12.1. The van der Waals surface area contributed by atoms with E-state index in [1.165, 1.54) is 0 Å². The third kappa shape index (κ3) is 1.99. The van der Waals surface area contributed by atoms with Gasteiger partial charge in [-0.3, -0.25) is 9.59 Å². The molecule has 1 unspecified atom stereocenters. The molecule has 0 heterocycles. The van der Waals surface area contributed by atoms with E-state index in [1.807, 2.05) is 6.92 Å². The van der Waals surface area contributed by atoms with Gasteiger partial charge in [-0.15, -0.1) is 0 Å². The summed E-state index contributed by atoms with van der Waals surface area (Å²) in [5, 5.41) is 8.78. The van der Waals surface area contributed by atoms with Gasteiger partial charge < -0.3 is 5.11 Å². The molecule has 14 heavy (non-hydrogen) atoms. The summed E-state index contributed by atoms with van der Waals surface area (Å²) in [6.07, 6.45) is 0.743. The molecule has 0 aromatic heterocycles. The summed E-state index contributed by atoms with van der Waals surface area (Å²) < 4.78 is 0. The lowest BCUT2D eigenvalue weighted by Crippen LogP contribution is -2.07. The molecule has 1 atom stereocenters. The van der Waals surface area contributed by atoms with Crippen molar-refractivity contribution < 1.29 is 14.7 Å². The first-order chi connectivity index (χ1) is 6.56. The van der Waals surface area contributed by atoms with Crippen LogP contribution in [0, 0.1) is 6.92 Å². The van der Waals surface area contributed by atoms with E-state index in [4.69, 9.17) is 5.11 Å². The average Bonchev–Trinajstić information content (AvgIpc) is 2.17. The van der Waals surface area contributed by atoms with Gasteiger partial charge in [0.25, 0.3) is 0 Å². The average molecular weight is 192 g/mol. The standard InChI is InChI=1S/C11H12O3/c1-7-3-4-9(5-10(7)6-12)8(2)11(13)14/h3-6,8H,1-2H3,(H,13,14). The molecule has 1 rings (SSSR count). The summed E-state index contributed by atoms with van der Waals surface area (Å²) in [4.78, 5) is 21.3. The van der Waals surface area contributed by atoms with Gasteiger partial charge in [0.2, 0.25) is 0 Å². The smallest absolute Gasteiger partial charge is 0.310 e. The van der Waals surface area contributed by atoms with Gasteiger partial charge in [0.1, 0.15) is 6.29 Å². The van der Waals surface area contributed by atoms with Crippen LogP contribution in [0.5, 0.6) is 0 Å². The van der Waals surface area contributed by atoms with E-state index in [-0.39, 0.29) is 0 Å². The Hall–Kier alpha value is -1.64. The van der Waals surface area contributed by atoms with E-state index in [1.54, 1.807) is 25.1 Å². The van der Waals surface area contributed by atoms with Gasteiger partial charge in [-0.25, -0.2) is 0 Å². The molecule has 1 N–H and O–H groups in total. The van der Waals surface area contributed by atoms with Crippen LogP contribution in [0.15, 0.2) is 18.2 Å². The molecule has 3 heteroatoms. The van der Waals surface area contributed by atoms with E-state index in [9.17, 15) is 9.59 Å².